The van der Waals surface area contributed by atoms with Crippen LogP contribution in [0.4, 0.5) is 5.69 Å². The molecule has 0 unspecified atom stereocenters. The number of carbonyl (C=O) groups excluding carboxylic acids is 1. The van der Waals surface area contributed by atoms with Crippen LogP contribution in [-0.2, 0) is 21.4 Å². The topological polar surface area (TPSA) is 94.6 Å². The summed E-state index contributed by atoms with van der Waals surface area (Å²) in [5.41, 5.74) is 2.19. The van der Waals surface area contributed by atoms with Gasteiger partial charge in [0.05, 0.1) is 30.1 Å². The van der Waals surface area contributed by atoms with Gasteiger partial charge in [0, 0.05) is 25.6 Å². The lowest BCUT2D eigenvalue weighted by molar-refractivity contribution is -0.112. The SMILES string of the molecule is CN1C(=O)/C(=C\c2ccc(CN(CCC#N)S(C)(=O)=O)o2)c2ccccc21. The van der Waals surface area contributed by atoms with Gasteiger partial charge in [-0.1, -0.05) is 18.2 Å². The van der Waals surface area contributed by atoms with Gasteiger partial charge >= 0.3 is 0 Å². The first kappa shape index (κ1) is 18.9. The molecule has 0 radical (unpaired) electrons. The fraction of sp³-hybridized carbons (Fsp3) is 0.263. The summed E-state index contributed by atoms with van der Waals surface area (Å²) in [5.74, 6) is 0.783. The normalized spacial score (nSPS) is 15.4. The van der Waals surface area contributed by atoms with Gasteiger partial charge in [-0.3, -0.25) is 4.79 Å². The van der Waals surface area contributed by atoms with Gasteiger partial charge in [-0.05, 0) is 24.3 Å². The van der Waals surface area contributed by atoms with E-state index in [0.29, 0.717) is 17.1 Å². The highest BCUT2D eigenvalue weighted by atomic mass is 32.2. The minimum Gasteiger partial charge on any atom is -0.460 e. The Balaban J connectivity index is 1.85. The zero-order valence-electron chi connectivity index (χ0n) is 15.0. The number of anilines is 1. The average molecular weight is 385 g/mol. The smallest absolute Gasteiger partial charge is 0.258 e. The maximum absolute atomic E-state index is 12.5. The quantitative estimate of drug-likeness (QED) is 0.712. The molecule has 0 fully saturated rings. The summed E-state index contributed by atoms with van der Waals surface area (Å²) in [6, 6.07) is 12.8. The number of likely N-dealkylation sites (N-methyl/N-ethyl adjacent to an activating group) is 1. The van der Waals surface area contributed by atoms with Gasteiger partial charge in [0.15, 0.2) is 0 Å². The van der Waals surface area contributed by atoms with Crippen LogP contribution in [0, 0.1) is 11.3 Å². The Morgan fingerprint density at radius 1 is 1.26 bits per heavy atom. The second-order valence-corrected chi connectivity index (χ2v) is 8.23. The number of sulfonamides is 1. The summed E-state index contributed by atoms with van der Waals surface area (Å²) < 4.78 is 30.6. The molecule has 2 aromatic rings. The highest BCUT2D eigenvalue weighted by Gasteiger charge is 2.29. The van der Waals surface area contributed by atoms with Crippen molar-refractivity contribution in [2.75, 3.05) is 24.7 Å². The number of nitrogens with zero attached hydrogens (tertiary/aromatic N) is 3. The minimum atomic E-state index is -3.46. The van der Waals surface area contributed by atoms with Crippen LogP contribution in [0.25, 0.3) is 11.6 Å². The summed E-state index contributed by atoms with van der Waals surface area (Å²) in [4.78, 5) is 14.1. The third kappa shape index (κ3) is 3.94. The Labute approximate surface area is 158 Å². The molecule has 2 heterocycles. The number of fused-ring (bicyclic) bond motifs is 1. The number of carbonyl (C=O) groups is 1. The van der Waals surface area contributed by atoms with Crippen molar-refractivity contribution in [3.05, 3.63) is 53.5 Å². The highest BCUT2D eigenvalue weighted by Crippen LogP contribution is 2.36. The maximum atomic E-state index is 12.5. The largest absolute Gasteiger partial charge is 0.460 e. The molecule has 3 rings (SSSR count). The summed E-state index contributed by atoms with van der Waals surface area (Å²) in [7, 11) is -1.74. The molecule has 140 valence electrons. The van der Waals surface area contributed by atoms with Crippen LogP contribution in [0.15, 0.2) is 40.8 Å². The fourth-order valence-corrected chi connectivity index (χ4v) is 3.73. The van der Waals surface area contributed by atoms with E-state index in [1.54, 1.807) is 30.2 Å². The molecule has 0 atom stereocenters. The molecule has 1 aliphatic rings. The molecule has 1 amide bonds. The van der Waals surface area contributed by atoms with E-state index < -0.39 is 10.0 Å². The van der Waals surface area contributed by atoms with Crippen LogP contribution >= 0.6 is 0 Å². The maximum Gasteiger partial charge on any atom is 0.258 e. The molecule has 0 bridgehead atoms. The predicted octanol–water partition coefficient (Wildman–Crippen LogP) is 2.47. The molecule has 0 N–H and O–H groups in total. The summed E-state index contributed by atoms with van der Waals surface area (Å²) in [6.45, 7) is 0.136. The van der Waals surface area contributed by atoms with Crippen LogP contribution < -0.4 is 4.90 Å². The molecule has 8 heteroatoms. The van der Waals surface area contributed by atoms with Crippen LogP contribution in [0.1, 0.15) is 23.5 Å². The van der Waals surface area contributed by atoms with Gasteiger partial charge in [-0.25, -0.2) is 8.42 Å². The lowest BCUT2D eigenvalue weighted by atomic mass is 10.1. The number of nitriles is 1. The molecular weight excluding hydrogens is 366 g/mol. The number of hydrogen-bond acceptors (Lipinski definition) is 5. The number of hydrogen-bond donors (Lipinski definition) is 0. The van der Waals surface area contributed by atoms with E-state index in [1.165, 1.54) is 4.31 Å². The van der Waals surface area contributed by atoms with E-state index in [9.17, 15) is 13.2 Å². The van der Waals surface area contributed by atoms with Crippen LogP contribution in [0.5, 0.6) is 0 Å². The lowest BCUT2D eigenvalue weighted by Gasteiger charge is -2.16. The summed E-state index contributed by atoms with van der Waals surface area (Å²) >= 11 is 0. The van der Waals surface area contributed by atoms with Gasteiger partial charge < -0.3 is 9.32 Å². The number of furan rings is 1. The fourth-order valence-electron chi connectivity index (χ4n) is 2.95. The van der Waals surface area contributed by atoms with Crippen molar-refractivity contribution < 1.29 is 17.6 Å². The zero-order chi connectivity index (χ0) is 19.6. The Kier molecular flexibility index (Phi) is 5.17. The van der Waals surface area contributed by atoms with Crippen molar-refractivity contribution >= 4 is 33.3 Å². The first-order chi connectivity index (χ1) is 12.8. The predicted molar refractivity (Wildman–Crippen MR) is 102 cm³/mol. The first-order valence-corrected chi connectivity index (χ1v) is 10.2. The molecule has 0 saturated carbocycles. The first-order valence-electron chi connectivity index (χ1n) is 8.31. The van der Waals surface area contributed by atoms with Gasteiger partial charge in [0.1, 0.15) is 11.5 Å². The third-order valence-electron chi connectivity index (χ3n) is 4.33. The van der Waals surface area contributed by atoms with E-state index >= 15 is 0 Å². The van der Waals surface area contributed by atoms with Crippen LogP contribution in [0.3, 0.4) is 0 Å². The molecule has 1 aromatic carbocycles. The van der Waals surface area contributed by atoms with Crippen molar-refractivity contribution in [1.82, 2.24) is 4.31 Å². The molecule has 0 spiro atoms. The number of benzene rings is 1. The molecule has 27 heavy (non-hydrogen) atoms. The minimum absolute atomic E-state index is 0.0358. The van der Waals surface area contributed by atoms with Crippen molar-refractivity contribution in [2.45, 2.75) is 13.0 Å². The van der Waals surface area contributed by atoms with E-state index in [0.717, 1.165) is 17.5 Å². The molecule has 1 aromatic heterocycles. The second-order valence-electron chi connectivity index (χ2n) is 6.25. The monoisotopic (exact) mass is 385 g/mol. The Morgan fingerprint density at radius 3 is 2.70 bits per heavy atom. The van der Waals surface area contributed by atoms with Crippen molar-refractivity contribution in [3.8, 4) is 6.07 Å². The molecule has 1 aliphatic heterocycles. The number of amides is 1. The molecule has 0 aliphatic carbocycles. The van der Waals surface area contributed by atoms with Crippen LogP contribution in [0.2, 0.25) is 0 Å². The van der Waals surface area contributed by atoms with E-state index in [1.807, 2.05) is 30.3 Å². The van der Waals surface area contributed by atoms with Crippen molar-refractivity contribution in [2.24, 2.45) is 0 Å². The zero-order valence-corrected chi connectivity index (χ0v) is 15.9. The van der Waals surface area contributed by atoms with Gasteiger partial charge in [0.25, 0.3) is 5.91 Å². The third-order valence-corrected chi connectivity index (χ3v) is 5.58. The van der Waals surface area contributed by atoms with Gasteiger partial charge in [-0.15, -0.1) is 0 Å². The van der Waals surface area contributed by atoms with Crippen LogP contribution in [-0.4, -0.2) is 38.5 Å². The Morgan fingerprint density at radius 2 is 2.00 bits per heavy atom. The van der Waals surface area contributed by atoms with E-state index in [4.69, 9.17) is 9.68 Å². The summed E-state index contributed by atoms with van der Waals surface area (Å²) in [5, 5.41) is 8.70. The second kappa shape index (κ2) is 7.39. The molecule has 0 saturated heterocycles. The summed E-state index contributed by atoms with van der Waals surface area (Å²) in [6.07, 6.45) is 2.86. The van der Waals surface area contributed by atoms with Crippen molar-refractivity contribution in [1.29, 1.82) is 5.26 Å². The van der Waals surface area contributed by atoms with E-state index in [-0.39, 0.29) is 25.4 Å². The highest BCUT2D eigenvalue weighted by molar-refractivity contribution is 7.88. The van der Waals surface area contributed by atoms with Gasteiger partial charge in [0.2, 0.25) is 10.0 Å². The number of para-hydroxylation sites is 1. The lowest BCUT2D eigenvalue weighted by Crippen LogP contribution is -2.30. The average Bonchev–Trinajstić information content (AvgIpc) is 3.16. The Hall–Kier alpha value is -2.89. The number of rotatable bonds is 6. The van der Waals surface area contributed by atoms with Crippen molar-refractivity contribution in [3.63, 3.8) is 0 Å². The standard InChI is InChI=1S/C19H19N3O4S/c1-21-18-7-4-3-6-16(18)17(19(21)23)12-14-8-9-15(26-14)13-22(11-5-10-20)27(2,24)25/h3-4,6-9,12H,5,11,13H2,1-2H3/b17-12-. The molecular formula is C19H19N3O4S. The van der Waals surface area contributed by atoms with E-state index in [2.05, 4.69) is 0 Å². The van der Waals surface area contributed by atoms with Gasteiger partial charge in [-0.2, -0.15) is 9.57 Å². The molecule has 7 nitrogen and oxygen atoms in total. The Bertz CT molecular complexity index is 1050.